The van der Waals surface area contributed by atoms with Gasteiger partial charge in [0.05, 0.1) is 18.4 Å². The number of allylic oxidation sites excluding steroid dienone is 1. The fraction of sp³-hybridized carbons (Fsp3) is 0.0588. The van der Waals surface area contributed by atoms with Gasteiger partial charge < -0.3 is 14.9 Å². The molecule has 0 amide bonds. The molecule has 3 rings (SSSR count). The van der Waals surface area contributed by atoms with Crippen LogP contribution in [0.4, 0.5) is 5.69 Å². The number of benzene rings is 2. The van der Waals surface area contributed by atoms with Crippen LogP contribution in [0.25, 0.3) is 5.76 Å². The van der Waals surface area contributed by atoms with Gasteiger partial charge in [0.1, 0.15) is 23.0 Å². The van der Waals surface area contributed by atoms with Crippen molar-refractivity contribution in [3.63, 3.8) is 0 Å². The second-order valence-corrected chi connectivity index (χ2v) is 4.75. The summed E-state index contributed by atoms with van der Waals surface area (Å²) < 4.78 is 5.07. The fourth-order valence-corrected chi connectivity index (χ4v) is 2.29. The third kappa shape index (κ3) is 2.33. The lowest BCUT2D eigenvalue weighted by Gasteiger charge is -2.16. The number of methoxy groups -OCH3 is 1. The molecule has 1 aliphatic rings. The zero-order chi connectivity index (χ0) is 15.7. The smallest absolute Gasteiger partial charge is 0.208 e. The Bertz CT molecular complexity index is 804. The van der Waals surface area contributed by atoms with Crippen LogP contribution in [0.15, 0.2) is 53.5 Å². The zero-order valence-electron chi connectivity index (χ0n) is 11.8. The Morgan fingerprint density at radius 3 is 2.45 bits per heavy atom. The standard InChI is InChI=1S/C17H13NO4/c1-22-11-7-5-10(6-8-11)18-17-15(21)9-14(20)12-3-2-4-13(19)16(12)17/h2-9,19-20H,1H3. The minimum atomic E-state index is -0.456. The van der Waals surface area contributed by atoms with Crippen molar-refractivity contribution in [2.45, 2.75) is 0 Å². The topological polar surface area (TPSA) is 79.1 Å². The average Bonchev–Trinajstić information content (AvgIpc) is 2.52. The Hall–Kier alpha value is -3.08. The third-order valence-corrected chi connectivity index (χ3v) is 3.37. The lowest BCUT2D eigenvalue weighted by molar-refractivity contribution is -0.108. The molecule has 0 fully saturated rings. The van der Waals surface area contributed by atoms with Crippen molar-refractivity contribution in [2.75, 3.05) is 7.11 Å². The molecule has 0 saturated heterocycles. The van der Waals surface area contributed by atoms with Crippen LogP contribution in [0, 0.1) is 0 Å². The number of ether oxygens (including phenoxy) is 1. The molecule has 2 N–H and O–H groups in total. The van der Waals surface area contributed by atoms with E-state index in [1.165, 1.54) is 6.07 Å². The Kier molecular flexibility index (Phi) is 3.39. The van der Waals surface area contributed by atoms with Crippen molar-refractivity contribution in [3.8, 4) is 11.5 Å². The number of phenols is 1. The van der Waals surface area contributed by atoms with Crippen LogP contribution in [0.3, 0.4) is 0 Å². The van der Waals surface area contributed by atoms with Gasteiger partial charge in [0, 0.05) is 11.6 Å². The van der Waals surface area contributed by atoms with Gasteiger partial charge in [-0.2, -0.15) is 0 Å². The number of hydrogen-bond acceptors (Lipinski definition) is 5. The second kappa shape index (κ2) is 5.37. The molecule has 22 heavy (non-hydrogen) atoms. The molecular formula is C17H13NO4. The van der Waals surface area contributed by atoms with E-state index in [4.69, 9.17) is 4.74 Å². The number of carbonyl (C=O) groups is 1. The molecule has 1 aliphatic carbocycles. The number of hydrogen-bond donors (Lipinski definition) is 2. The van der Waals surface area contributed by atoms with E-state index in [9.17, 15) is 15.0 Å². The Morgan fingerprint density at radius 1 is 1.05 bits per heavy atom. The molecule has 0 spiro atoms. The molecule has 0 atom stereocenters. The maximum Gasteiger partial charge on any atom is 0.208 e. The number of nitrogens with zero attached hydrogens (tertiary/aromatic N) is 1. The summed E-state index contributed by atoms with van der Waals surface area (Å²) in [5, 5.41) is 19.9. The van der Waals surface area contributed by atoms with Gasteiger partial charge in [-0.3, -0.25) is 4.79 Å². The van der Waals surface area contributed by atoms with Crippen molar-refractivity contribution in [2.24, 2.45) is 4.99 Å². The molecular weight excluding hydrogens is 282 g/mol. The van der Waals surface area contributed by atoms with Crippen LogP contribution in [0.1, 0.15) is 11.1 Å². The highest BCUT2D eigenvalue weighted by Crippen LogP contribution is 2.31. The number of aromatic hydroxyl groups is 1. The van der Waals surface area contributed by atoms with Crippen LogP contribution >= 0.6 is 0 Å². The van der Waals surface area contributed by atoms with E-state index in [0.717, 1.165) is 6.08 Å². The molecule has 0 aromatic heterocycles. The summed E-state index contributed by atoms with van der Waals surface area (Å²) in [5.74, 6) is -0.0515. The lowest BCUT2D eigenvalue weighted by atomic mass is 9.92. The summed E-state index contributed by atoms with van der Waals surface area (Å²) in [6.07, 6.45) is 1.10. The van der Waals surface area contributed by atoms with Gasteiger partial charge in [-0.1, -0.05) is 12.1 Å². The van der Waals surface area contributed by atoms with Crippen molar-refractivity contribution in [1.29, 1.82) is 0 Å². The van der Waals surface area contributed by atoms with E-state index in [1.54, 1.807) is 43.5 Å². The van der Waals surface area contributed by atoms with Crippen LogP contribution < -0.4 is 4.74 Å². The molecule has 2 aromatic rings. The number of aliphatic imine (C=N–C) groups is 1. The van der Waals surface area contributed by atoms with Gasteiger partial charge in [-0.15, -0.1) is 0 Å². The third-order valence-electron chi connectivity index (χ3n) is 3.37. The normalized spacial score (nSPS) is 15.4. The van der Waals surface area contributed by atoms with Crippen LogP contribution in [-0.2, 0) is 4.79 Å². The molecule has 5 heteroatoms. The van der Waals surface area contributed by atoms with Gasteiger partial charge in [-0.25, -0.2) is 4.99 Å². The first-order valence-electron chi connectivity index (χ1n) is 6.60. The largest absolute Gasteiger partial charge is 0.507 e. The number of aliphatic hydroxyl groups is 1. The lowest BCUT2D eigenvalue weighted by Crippen LogP contribution is -2.19. The predicted molar refractivity (Wildman–Crippen MR) is 82.9 cm³/mol. The number of rotatable bonds is 2. The monoisotopic (exact) mass is 295 g/mol. The quantitative estimate of drug-likeness (QED) is 0.892. The predicted octanol–water partition coefficient (Wildman–Crippen LogP) is 3.00. The molecule has 110 valence electrons. The summed E-state index contributed by atoms with van der Waals surface area (Å²) >= 11 is 0. The SMILES string of the molecule is COc1ccc(N=C2C(=O)C=C(O)c3cccc(O)c32)cc1. The molecule has 2 aromatic carbocycles. The van der Waals surface area contributed by atoms with E-state index in [-0.39, 0.29) is 22.8 Å². The van der Waals surface area contributed by atoms with Crippen LogP contribution in [0.5, 0.6) is 11.5 Å². The molecule has 0 saturated carbocycles. The van der Waals surface area contributed by atoms with Gasteiger partial charge in [-0.05, 0) is 30.3 Å². The van der Waals surface area contributed by atoms with Gasteiger partial charge in [0.2, 0.25) is 5.78 Å². The van der Waals surface area contributed by atoms with Crippen molar-refractivity contribution in [1.82, 2.24) is 0 Å². The molecule has 0 aliphatic heterocycles. The Balaban J connectivity index is 2.14. The molecule has 0 heterocycles. The molecule has 0 radical (unpaired) electrons. The molecule has 5 nitrogen and oxygen atoms in total. The number of carbonyl (C=O) groups excluding carboxylic acids is 1. The summed E-state index contributed by atoms with van der Waals surface area (Å²) in [7, 11) is 1.56. The first-order chi connectivity index (χ1) is 10.6. The van der Waals surface area contributed by atoms with Crippen molar-refractivity contribution < 1.29 is 19.7 Å². The Labute approximate surface area is 126 Å². The van der Waals surface area contributed by atoms with Crippen LogP contribution in [0.2, 0.25) is 0 Å². The number of phenolic OH excluding ortho intramolecular Hbond substituents is 1. The summed E-state index contributed by atoms with van der Waals surface area (Å²) in [4.78, 5) is 16.5. The summed E-state index contributed by atoms with van der Waals surface area (Å²) in [5.41, 5.74) is 1.26. The van der Waals surface area contributed by atoms with Crippen molar-refractivity contribution in [3.05, 3.63) is 59.7 Å². The highest BCUT2D eigenvalue weighted by Gasteiger charge is 2.26. The van der Waals surface area contributed by atoms with E-state index in [2.05, 4.69) is 4.99 Å². The van der Waals surface area contributed by atoms with E-state index >= 15 is 0 Å². The number of fused-ring (bicyclic) bond motifs is 1. The van der Waals surface area contributed by atoms with Gasteiger partial charge >= 0.3 is 0 Å². The van der Waals surface area contributed by atoms with E-state index in [0.29, 0.717) is 17.0 Å². The zero-order valence-corrected chi connectivity index (χ0v) is 11.8. The highest BCUT2D eigenvalue weighted by atomic mass is 16.5. The number of ketones is 1. The maximum absolute atomic E-state index is 12.1. The fourth-order valence-electron chi connectivity index (χ4n) is 2.29. The first-order valence-corrected chi connectivity index (χ1v) is 6.60. The minimum Gasteiger partial charge on any atom is -0.507 e. The van der Waals surface area contributed by atoms with Crippen molar-refractivity contribution >= 4 is 22.9 Å². The maximum atomic E-state index is 12.1. The summed E-state index contributed by atoms with van der Waals surface area (Å²) in [6, 6.07) is 11.5. The van der Waals surface area contributed by atoms with Gasteiger partial charge in [0.15, 0.2) is 0 Å². The average molecular weight is 295 g/mol. The Morgan fingerprint density at radius 2 is 1.77 bits per heavy atom. The van der Waals surface area contributed by atoms with E-state index in [1.807, 2.05) is 0 Å². The van der Waals surface area contributed by atoms with Crippen LogP contribution in [-0.4, -0.2) is 28.8 Å². The van der Waals surface area contributed by atoms with E-state index < -0.39 is 5.78 Å². The summed E-state index contributed by atoms with van der Waals surface area (Å²) in [6.45, 7) is 0. The van der Waals surface area contributed by atoms with Gasteiger partial charge in [0.25, 0.3) is 0 Å². The molecule has 0 unspecified atom stereocenters. The minimum absolute atomic E-state index is 0.0936. The highest BCUT2D eigenvalue weighted by molar-refractivity contribution is 6.53. The molecule has 0 bridgehead atoms. The first kappa shape index (κ1) is 13.9. The second-order valence-electron chi connectivity index (χ2n) is 4.75. The number of aliphatic hydroxyl groups excluding tert-OH is 1.